The summed E-state index contributed by atoms with van der Waals surface area (Å²) in [6, 6.07) is 3.19. The second kappa shape index (κ2) is 5.11. The second-order valence-corrected chi connectivity index (χ2v) is 3.77. The average Bonchev–Trinajstić information content (AvgIpc) is 2.81. The van der Waals surface area contributed by atoms with Crippen LogP contribution >= 0.6 is 0 Å². The standard InChI is InChI=1S/C11H10F2N4O2/c1-14-6-7-4-5-16(15-7)11-9(17(18)19)3-2-8(12)10(11)13/h2-5,14H,6H2,1H3. The maximum Gasteiger partial charge on any atom is 0.298 e. The quantitative estimate of drug-likeness (QED) is 0.677. The first-order valence-corrected chi connectivity index (χ1v) is 5.36. The van der Waals surface area contributed by atoms with Gasteiger partial charge in [0.2, 0.25) is 0 Å². The van der Waals surface area contributed by atoms with Crippen molar-refractivity contribution in [2.75, 3.05) is 7.05 Å². The summed E-state index contributed by atoms with van der Waals surface area (Å²) in [7, 11) is 1.70. The van der Waals surface area contributed by atoms with Crippen LogP contribution in [0.2, 0.25) is 0 Å². The van der Waals surface area contributed by atoms with E-state index in [2.05, 4.69) is 10.4 Å². The van der Waals surface area contributed by atoms with Crippen molar-refractivity contribution >= 4 is 5.69 Å². The third-order valence-corrected chi connectivity index (χ3v) is 2.48. The molecular formula is C11H10F2N4O2. The van der Waals surface area contributed by atoms with E-state index < -0.39 is 27.9 Å². The lowest BCUT2D eigenvalue weighted by Gasteiger charge is -2.05. The van der Waals surface area contributed by atoms with E-state index in [1.54, 1.807) is 13.1 Å². The Morgan fingerprint density at radius 1 is 1.42 bits per heavy atom. The number of halogens is 2. The van der Waals surface area contributed by atoms with Gasteiger partial charge in [0.1, 0.15) is 0 Å². The van der Waals surface area contributed by atoms with Crippen molar-refractivity contribution < 1.29 is 13.7 Å². The minimum absolute atomic E-state index is 0.414. The number of nitrogens with zero attached hydrogens (tertiary/aromatic N) is 3. The van der Waals surface area contributed by atoms with E-state index >= 15 is 0 Å². The minimum atomic E-state index is -1.30. The number of rotatable bonds is 4. The highest BCUT2D eigenvalue weighted by Crippen LogP contribution is 2.27. The number of aromatic nitrogens is 2. The van der Waals surface area contributed by atoms with Crippen molar-refractivity contribution in [3.8, 4) is 5.69 Å². The predicted molar refractivity (Wildman–Crippen MR) is 62.9 cm³/mol. The Morgan fingerprint density at radius 2 is 2.16 bits per heavy atom. The van der Waals surface area contributed by atoms with Crippen LogP contribution in [0.25, 0.3) is 5.69 Å². The molecule has 0 aliphatic rings. The van der Waals surface area contributed by atoms with Gasteiger partial charge in [0.25, 0.3) is 5.69 Å². The lowest BCUT2D eigenvalue weighted by molar-refractivity contribution is -0.384. The van der Waals surface area contributed by atoms with Crippen LogP contribution in [-0.2, 0) is 6.54 Å². The van der Waals surface area contributed by atoms with Gasteiger partial charge in [-0.05, 0) is 19.2 Å². The van der Waals surface area contributed by atoms with Crippen molar-refractivity contribution in [1.82, 2.24) is 15.1 Å². The Kier molecular flexibility index (Phi) is 3.52. The number of nitro groups is 1. The van der Waals surface area contributed by atoms with Crippen molar-refractivity contribution in [2.24, 2.45) is 0 Å². The topological polar surface area (TPSA) is 73.0 Å². The van der Waals surface area contributed by atoms with Gasteiger partial charge in [0.05, 0.1) is 10.6 Å². The highest BCUT2D eigenvalue weighted by atomic mass is 19.2. The number of nitrogens with one attached hydrogen (secondary N) is 1. The monoisotopic (exact) mass is 268 g/mol. The Balaban J connectivity index is 2.58. The van der Waals surface area contributed by atoms with Crippen LogP contribution in [-0.4, -0.2) is 21.8 Å². The molecule has 0 unspecified atom stereocenters. The lowest BCUT2D eigenvalue weighted by Crippen LogP contribution is -2.09. The first kappa shape index (κ1) is 13.1. The van der Waals surface area contributed by atoms with E-state index in [-0.39, 0.29) is 0 Å². The summed E-state index contributed by atoms with van der Waals surface area (Å²) in [5.41, 5.74) is -0.495. The molecule has 19 heavy (non-hydrogen) atoms. The van der Waals surface area contributed by atoms with Gasteiger partial charge in [-0.15, -0.1) is 0 Å². The lowest BCUT2D eigenvalue weighted by atomic mass is 10.2. The van der Waals surface area contributed by atoms with Crippen molar-refractivity contribution in [2.45, 2.75) is 6.54 Å². The van der Waals surface area contributed by atoms with Gasteiger partial charge >= 0.3 is 0 Å². The fraction of sp³-hybridized carbons (Fsp3) is 0.182. The third-order valence-electron chi connectivity index (χ3n) is 2.48. The van der Waals surface area contributed by atoms with E-state index in [1.165, 1.54) is 6.20 Å². The molecule has 0 spiro atoms. The van der Waals surface area contributed by atoms with E-state index in [1.807, 2.05) is 0 Å². The van der Waals surface area contributed by atoms with Crippen molar-refractivity contribution in [3.63, 3.8) is 0 Å². The summed E-state index contributed by atoms with van der Waals surface area (Å²) in [5, 5.41) is 17.6. The molecule has 0 amide bonds. The molecule has 2 rings (SSSR count). The fourth-order valence-corrected chi connectivity index (χ4v) is 1.66. The van der Waals surface area contributed by atoms with E-state index in [9.17, 15) is 18.9 Å². The molecule has 0 fully saturated rings. The predicted octanol–water partition coefficient (Wildman–Crippen LogP) is 1.78. The van der Waals surface area contributed by atoms with Gasteiger partial charge in [-0.3, -0.25) is 10.1 Å². The third kappa shape index (κ3) is 2.43. The molecule has 1 N–H and O–H groups in total. The van der Waals surface area contributed by atoms with E-state index in [0.717, 1.165) is 16.8 Å². The van der Waals surface area contributed by atoms with Gasteiger partial charge in [-0.1, -0.05) is 0 Å². The fourth-order valence-electron chi connectivity index (χ4n) is 1.66. The molecule has 0 atom stereocenters. The highest BCUT2D eigenvalue weighted by molar-refractivity contribution is 5.53. The van der Waals surface area contributed by atoms with Gasteiger partial charge in [0.15, 0.2) is 17.3 Å². The number of benzene rings is 1. The molecule has 0 bridgehead atoms. The smallest absolute Gasteiger partial charge is 0.298 e. The Bertz CT molecular complexity index is 627. The van der Waals surface area contributed by atoms with Crippen LogP contribution < -0.4 is 5.32 Å². The Hall–Kier alpha value is -2.35. The normalized spacial score (nSPS) is 10.7. The van der Waals surface area contributed by atoms with Crippen LogP contribution in [0, 0.1) is 21.7 Å². The van der Waals surface area contributed by atoms with Gasteiger partial charge in [-0.25, -0.2) is 13.5 Å². The first-order valence-electron chi connectivity index (χ1n) is 5.36. The first-order chi connectivity index (χ1) is 9.04. The molecule has 1 heterocycles. The maximum atomic E-state index is 13.7. The molecule has 0 aliphatic heterocycles. The van der Waals surface area contributed by atoms with Gasteiger partial charge < -0.3 is 5.32 Å². The molecule has 1 aromatic carbocycles. The molecule has 0 saturated heterocycles. The summed E-state index contributed by atoms with van der Waals surface area (Å²) >= 11 is 0. The van der Waals surface area contributed by atoms with Crippen LogP contribution in [0.4, 0.5) is 14.5 Å². The molecule has 2 aromatic rings. The SMILES string of the molecule is CNCc1ccn(-c2c([N+](=O)[O-])ccc(F)c2F)n1. The van der Waals surface area contributed by atoms with Crippen molar-refractivity contribution in [3.05, 3.63) is 51.8 Å². The molecule has 6 nitrogen and oxygen atoms in total. The zero-order valence-electron chi connectivity index (χ0n) is 9.93. The Labute approximate surface area is 106 Å². The van der Waals surface area contributed by atoms with Crippen molar-refractivity contribution in [1.29, 1.82) is 0 Å². The highest BCUT2D eigenvalue weighted by Gasteiger charge is 2.23. The zero-order valence-corrected chi connectivity index (χ0v) is 9.93. The van der Waals surface area contributed by atoms with Crippen LogP contribution in [0.15, 0.2) is 24.4 Å². The Morgan fingerprint density at radius 3 is 2.79 bits per heavy atom. The molecule has 100 valence electrons. The number of nitro benzene ring substituents is 1. The van der Waals surface area contributed by atoms with Gasteiger partial charge in [0, 0.05) is 18.8 Å². The van der Waals surface area contributed by atoms with Gasteiger partial charge in [-0.2, -0.15) is 5.10 Å². The van der Waals surface area contributed by atoms with Crippen LogP contribution in [0.3, 0.4) is 0 Å². The average molecular weight is 268 g/mol. The molecule has 8 heteroatoms. The summed E-state index contributed by atoms with van der Waals surface area (Å²) in [6.45, 7) is 0.414. The zero-order chi connectivity index (χ0) is 14.0. The van der Waals surface area contributed by atoms with Crippen LogP contribution in [0.5, 0.6) is 0 Å². The summed E-state index contributed by atoms with van der Waals surface area (Å²) in [5.74, 6) is -2.46. The minimum Gasteiger partial charge on any atom is -0.314 e. The molecule has 0 aliphatic carbocycles. The molecule has 1 aromatic heterocycles. The number of hydrogen-bond donors (Lipinski definition) is 1. The number of hydrogen-bond acceptors (Lipinski definition) is 4. The summed E-state index contributed by atoms with van der Waals surface area (Å²) in [6.07, 6.45) is 1.34. The summed E-state index contributed by atoms with van der Waals surface area (Å²) in [4.78, 5) is 10.1. The summed E-state index contributed by atoms with van der Waals surface area (Å²) < 4.78 is 27.9. The second-order valence-electron chi connectivity index (χ2n) is 3.77. The largest absolute Gasteiger partial charge is 0.314 e. The molecule has 0 saturated carbocycles. The maximum absolute atomic E-state index is 13.7. The van der Waals surface area contributed by atoms with E-state index in [4.69, 9.17) is 0 Å². The molecule has 0 radical (unpaired) electrons. The van der Waals surface area contributed by atoms with E-state index in [0.29, 0.717) is 12.2 Å². The molecular weight excluding hydrogens is 258 g/mol. The van der Waals surface area contributed by atoms with Crippen LogP contribution in [0.1, 0.15) is 5.69 Å².